The van der Waals surface area contributed by atoms with E-state index in [0.29, 0.717) is 0 Å². The fourth-order valence-electron chi connectivity index (χ4n) is 0.712. The molecule has 0 aromatic carbocycles. The minimum absolute atomic E-state index is 0.302. The average molecular weight is 230 g/mol. The van der Waals surface area contributed by atoms with Crippen molar-refractivity contribution in [3.05, 3.63) is 12.7 Å². The van der Waals surface area contributed by atoms with Gasteiger partial charge in [0.2, 0.25) is 5.79 Å². The first kappa shape index (κ1) is 13.9. The van der Waals surface area contributed by atoms with E-state index in [-0.39, 0.29) is 6.42 Å². The van der Waals surface area contributed by atoms with E-state index >= 15 is 0 Å². The molecule has 0 saturated carbocycles. The van der Waals surface area contributed by atoms with Gasteiger partial charge < -0.3 is 9.84 Å². The number of hydrogen-bond donors (Lipinski definition) is 1. The first-order valence-electron chi connectivity index (χ1n) is 3.87. The molecular formula is C8H10F4O3. The monoisotopic (exact) mass is 230 g/mol. The summed E-state index contributed by atoms with van der Waals surface area (Å²) in [6, 6.07) is 0. The van der Waals surface area contributed by atoms with Crippen molar-refractivity contribution in [2.45, 2.75) is 31.5 Å². The number of ether oxygens (including phenoxy) is 1. The number of hydrogen-bond acceptors (Lipinski definition) is 3. The molecule has 0 saturated heterocycles. The molecule has 0 aromatic rings. The van der Waals surface area contributed by atoms with Crippen LogP contribution in [0, 0.1) is 0 Å². The number of esters is 1. The van der Waals surface area contributed by atoms with Crippen molar-refractivity contribution in [3.63, 3.8) is 0 Å². The highest BCUT2D eigenvalue weighted by atomic mass is 19.4. The van der Waals surface area contributed by atoms with Crippen LogP contribution in [0.2, 0.25) is 0 Å². The molecule has 2 unspecified atom stereocenters. The van der Waals surface area contributed by atoms with Crippen LogP contribution in [0.5, 0.6) is 0 Å². The Morgan fingerprint density at radius 1 is 1.60 bits per heavy atom. The van der Waals surface area contributed by atoms with Gasteiger partial charge in [0.1, 0.15) is 0 Å². The van der Waals surface area contributed by atoms with Crippen LogP contribution in [-0.2, 0) is 9.53 Å². The Balaban J connectivity index is 4.43. The maximum Gasteiger partial charge on any atom is 0.430 e. The summed E-state index contributed by atoms with van der Waals surface area (Å²) >= 11 is 0. The number of carbonyl (C=O) groups excluding carboxylic acids is 1. The van der Waals surface area contributed by atoms with Gasteiger partial charge in [0, 0.05) is 13.3 Å². The quantitative estimate of drug-likeness (QED) is 0.346. The first-order chi connectivity index (χ1) is 6.60. The molecule has 2 atom stereocenters. The molecule has 0 heterocycles. The van der Waals surface area contributed by atoms with Gasteiger partial charge in [-0.2, -0.15) is 13.2 Å². The van der Waals surface area contributed by atoms with Gasteiger partial charge in [-0.05, 0) is 0 Å². The molecule has 0 aliphatic heterocycles. The topological polar surface area (TPSA) is 46.5 Å². The van der Waals surface area contributed by atoms with E-state index in [4.69, 9.17) is 5.11 Å². The zero-order chi connectivity index (χ0) is 12.3. The summed E-state index contributed by atoms with van der Waals surface area (Å²) in [7, 11) is 0. The molecule has 1 N–H and O–H groups in total. The summed E-state index contributed by atoms with van der Waals surface area (Å²) in [5.41, 5.74) is 0. The largest absolute Gasteiger partial charge is 0.431 e. The van der Waals surface area contributed by atoms with Crippen molar-refractivity contribution in [1.29, 1.82) is 0 Å². The van der Waals surface area contributed by atoms with Crippen LogP contribution in [0.25, 0.3) is 0 Å². The van der Waals surface area contributed by atoms with Crippen molar-refractivity contribution < 1.29 is 32.2 Å². The minimum Gasteiger partial charge on any atom is -0.431 e. The molecule has 7 heteroatoms. The number of aliphatic hydroxyl groups is 1. The van der Waals surface area contributed by atoms with E-state index in [9.17, 15) is 22.4 Å². The third-order valence-electron chi connectivity index (χ3n) is 1.34. The standard InChI is InChI=1S/C8H10F4O3/c1-3-4-7(2,14)15-6(13)5(9)8(10,11)12/h3,5,14H,1,4H2,2H3. The molecule has 0 radical (unpaired) electrons. The van der Waals surface area contributed by atoms with Gasteiger partial charge in [0.25, 0.3) is 6.17 Å². The second-order valence-corrected chi connectivity index (χ2v) is 2.99. The molecule has 0 spiro atoms. The van der Waals surface area contributed by atoms with Crippen molar-refractivity contribution in [2.75, 3.05) is 0 Å². The summed E-state index contributed by atoms with van der Waals surface area (Å²) in [5.74, 6) is -4.36. The highest BCUT2D eigenvalue weighted by molar-refractivity contribution is 5.75. The lowest BCUT2D eigenvalue weighted by Crippen LogP contribution is -2.40. The second-order valence-electron chi connectivity index (χ2n) is 2.99. The summed E-state index contributed by atoms with van der Waals surface area (Å²) in [6.45, 7) is 4.11. The van der Waals surface area contributed by atoms with Gasteiger partial charge >= 0.3 is 12.1 Å². The lowest BCUT2D eigenvalue weighted by atomic mass is 10.2. The zero-order valence-electron chi connectivity index (χ0n) is 7.84. The van der Waals surface area contributed by atoms with Gasteiger partial charge in [-0.3, -0.25) is 0 Å². The van der Waals surface area contributed by atoms with E-state index in [1.54, 1.807) is 0 Å². The summed E-state index contributed by atoms with van der Waals surface area (Å²) in [6.07, 6.45) is -8.27. The highest BCUT2D eigenvalue weighted by Gasteiger charge is 2.48. The van der Waals surface area contributed by atoms with E-state index in [2.05, 4.69) is 11.3 Å². The van der Waals surface area contributed by atoms with E-state index < -0.39 is 24.1 Å². The predicted octanol–water partition coefficient (Wildman–Crippen LogP) is 1.71. The number of halogens is 4. The minimum atomic E-state index is -5.33. The lowest BCUT2D eigenvalue weighted by molar-refractivity contribution is -0.232. The molecule has 88 valence electrons. The molecule has 0 fully saturated rings. The zero-order valence-corrected chi connectivity index (χ0v) is 7.84. The van der Waals surface area contributed by atoms with Crippen molar-refractivity contribution >= 4 is 5.97 Å². The van der Waals surface area contributed by atoms with Crippen LogP contribution in [0.4, 0.5) is 17.6 Å². The van der Waals surface area contributed by atoms with Gasteiger partial charge in [-0.15, -0.1) is 6.58 Å². The van der Waals surface area contributed by atoms with Crippen LogP contribution in [-0.4, -0.2) is 29.2 Å². The Morgan fingerprint density at radius 2 is 2.07 bits per heavy atom. The third-order valence-corrected chi connectivity index (χ3v) is 1.34. The molecule has 0 aliphatic carbocycles. The van der Waals surface area contributed by atoms with Crippen LogP contribution >= 0.6 is 0 Å². The van der Waals surface area contributed by atoms with Gasteiger partial charge in [0.05, 0.1) is 0 Å². The Morgan fingerprint density at radius 3 is 2.40 bits per heavy atom. The maximum atomic E-state index is 12.3. The first-order valence-corrected chi connectivity index (χ1v) is 3.87. The Kier molecular flexibility index (Phi) is 4.27. The van der Waals surface area contributed by atoms with Crippen LogP contribution in [0.15, 0.2) is 12.7 Å². The molecule has 3 nitrogen and oxygen atoms in total. The van der Waals surface area contributed by atoms with Crippen molar-refractivity contribution in [3.8, 4) is 0 Å². The third kappa shape index (κ3) is 4.78. The molecule has 0 aliphatic rings. The Hall–Kier alpha value is -1.11. The summed E-state index contributed by atoms with van der Waals surface area (Å²) in [5, 5.41) is 9.15. The van der Waals surface area contributed by atoms with Crippen LogP contribution < -0.4 is 0 Å². The van der Waals surface area contributed by atoms with E-state index in [1.165, 1.54) is 0 Å². The Bertz CT molecular complexity index is 247. The second kappa shape index (κ2) is 4.61. The number of alkyl halides is 4. The molecular weight excluding hydrogens is 220 g/mol. The normalized spacial score (nSPS) is 17.7. The van der Waals surface area contributed by atoms with E-state index in [0.717, 1.165) is 13.0 Å². The number of rotatable bonds is 4. The van der Waals surface area contributed by atoms with E-state index in [1.807, 2.05) is 0 Å². The number of carbonyl (C=O) groups is 1. The predicted molar refractivity (Wildman–Crippen MR) is 42.5 cm³/mol. The Labute approximate surface area is 83.3 Å². The van der Waals surface area contributed by atoms with Gasteiger partial charge in [0.15, 0.2) is 0 Å². The lowest BCUT2D eigenvalue weighted by Gasteiger charge is -2.23. The molecule has 0 rings (SSSR count). The molecule has 0 bridgehead atoms. The molecule has 0 amide bonds. The van der Waals surface area contributed by atoms with Crippen molar-refractivity contribution in [1.82, 2.24) is 0 Å². The van der Waals surface area contributed by atoms with Crippen molar-refractivity contribution in [2.24, 2.45) is 0 Å². The summed E-state index contributed by atoms with van der Waals surface area (Å²) in [4.78, 5) is 10.6. The fourth-order valence-corrected chi connectivity index (χ4v) is 0.712. The average Bonchev–Trinajstić information content (AvgIpc) is 1.99. The SMILES string of the molecule is C=CCC(C)(O)OC(=O)C(F)C(F)(F)F. The summed E-state index contributed by atoms with van der Waals surface area (Å²) < 4.78 is 51.3. The smallest absolute Gasteiger partial charge is 0.430 e. The van der Waals surface area contributed by atoms with Gasteiger partial charge in [-0.25, -0.2) is 9.18 Å². The highest BCUT2D eigenvalue weighted by Crippen LogP contribution is 2.25. The maximum absolute atomic E-state index is 12.3. The van der Waals surface area contributed by atoms with Crippen LogP contribution in [0.1, 0.15) is 13.3 Å². The molecule has 15 heavy (non-hydrogen) atoms. The fraction of sp³-hybridized carbons (Fsp3) is 0.625. The van der Waals surface area contributed by atoms with Crippen LogP contribution in [0.3, 0.4) is 0 Å². The van der Waals surface area contributed by atoms with Gasteiger partial charge in [-0.1, -0.05) is 6.08 Å². The molecule has 0 aromatic heterocycles.